The summed E-state index contributed by atoms with van der Waals surface area (Å²) in [6.07, 6.45) is 0. The molecule has 0 saturated heterocycles. The van der Waals surface area contributed by atoms with Crippen LogP contribution >= 0.6 is 0 Å². The highest BCUT2D eigenvalue weighted by Gasteiger charge is 2.06. The van der Waals surface area contributed by atoms with Crippen molar-refractivity contribution in [3.63, 3.8) is 0 Å². The van der Waals surface area contributed by atoms with Crippen LogP contribution in [0.3, 0.4) is 0 Å². The molecule has 0 N–H and O–H groups in total. The topological polar surface area (TPSA) is 0 Å². The van der Waals surface area contributed by atoms with Crippen LogP contribution in [-0.4, -0.2) is 0 Å². The Morgan fingerprint density at radius 2 is 1.77 bits per heavy atom. The zero-order chi connectivity index (χ0) is 9.26. The van der Waals surface area contributed by atoms with Gasteiger partial charge in [-0.25, -0.2) is 0 Å². The largest absolute Gasteiger partial charge is 0.0955 e. The molecule has 0 spiro atoms. The van der Waals surface area contributed by atoms with Crippen molar-refractivity contribution in [1.82, 2.24) is 0 Å². The third-order valence-corrected chi connectivity index (χ3v) is 2.25. The Labute approximate surface area is 78.9 Å². The van der Waals surface area contributed by atoms with Crippen LogP contribution in [0.1, 0.15) is 12.5 Å². The molecule has 0 bridgehead atoms. The van der Waals surface area contributed by atoms with Gasteiger partial charge in [0.15, 0.2) is 0 Å². The maximum absolute atomic E-state index is 3.97. The van der Waals surface area contributed by atoms with Gasteiger partial charge < -0.3 is 0 Å². The van der Waals surface area contributed by atoms with Crippen molar-refractivity contribution in [2.24, 2.45) is 0 Å². The van der Waals surface area contributed by atoms with Crippen molar-refractivity contribution in [2.75, 3.05) is 0 Å². The van der Waals surface area contributed by atoms with Crippen LogP contribution in [0.15, 0.2) is 49.0 Å². The first kappa shape index (κ1) is 8.06. The molecule has 0 amide bonds. The molecule has 0 aliphatic heterocycles. The van der Waals surface area contributed by atoms with E-state index in [2.05, 4.69) is 43.0 Å². The third-order valence-electron chi connectivity index (χ3n) is 2.25. The third kappa shape index (κ3) is 1.35. The van der Waals surface area contributed by atoms with E-state index in [0.717, 1.165) is 5.57 Å². The fourth-order valence-corrected chi connectivity index (χ4v) is 1.59. The molecular formula is C13H12. The molecule has 0 nitrogen and oxygen atoms in total. The number of allylic oxidation sites excluding steroid dienone is 1. The second kappa shape index (κ2) is 3.06. The van der Waals surface area contributed by atoms with Gasteiger partial charge in [-0.15, -0.1) is 0 Å². The molecular weight excluding hydrogens is 156 g/mol. The summed E-state index contributed by atoms with van der Waals surface area (Å²) in [6.45, 7) is 6.01. The van der Waals surface area contributed by atoms with Crippen molar-refractivity contribution in [3.8, 4) is 11.1 Å². The Kier molecular flexibility index (Phi) is 1.90. The van der Waals surface area contributed by atoms with Gasteiger partial charge in [0.1, 0.15) is 0 Å². The molecule has 13 heavy (non-hydrogen) atoms. The molecule has 0 aromatic heterocycles. The van der Waals surface area contributed by atoms with E-state index in [4.69, 9.17) is 0 Å². The number of rotatable bonds is 1. The second-order valence-corrected chi connectivity index (χ2v) is 3.31. The minimum absolute atomic E-state index is 1.13. The lowest BCUT2D eigenvalue weighted by Crippen LogP contribution is -1.74. The van der Waals surface area contributed by atoms with Crippen LogP contribution in [0.5, 0.6) is 0 Å². The van der Waals surface area contributed by atoms with E-state index in [0.29, 0.717) is 0 Å². The minimum Gasteiger partial charge on any atom is -0.0955 e. The van der Waals surface area contributed by atoms with E-state index < -0.39 is 0 Å². The summed E-state index contributed by atoms with van der Waals surface area (Å²) in [6, 6.07) is 14.7. The summed E-state index contributed by atoms with van der Waals surface area (Å²) in [5, 5.41) is 0. The summed E-state index contributed by atoms with van der Waals surface area (Å²) in [5.41, 5.74) is 4.95. The van der Waals surface area contributed by atoms with Gasteiger partial charge in [0.05, 0.1) is 0 Å². The normalized spacial score (nSPS) is 10.2. The standard InChI is InChI=1S/C13H12/c1-10(2)12-9-8-11-6-4-3-5-7-13(11)12/h3-9H,1H2,2H3. The quantitative estimate of drug-likeness (QED) is 0.607. The van der Waals surface area contributed by atoms with Crippen molar-refractivity contribution in [2.45, 2.75) is 6.92 Å². The average molecular weight is 168 g/mol. The Bertz CT molecular complexity index is 412. The van der Waals surface area contributed by atoms with Crippen LogP contribution in [0.25, 0.3) is 16.7 Å². The van der Waals surface area contributed by atoms with Gasteiger partial charge in [-0.1, -0.05) is 54.6 Å². The monoisotopic (exact) mass is 168 g/mol. The highest BCUT2D eigenvalue weighted by atomic mass is 14.1. The highest BCUT2D eigenvalue weighted by Crippen LogP contribution is 2.30. The van der Waals surface area contributed by atoms with Crippen LogP contribution < -0.4 is 0 Å². The molecule has 64 valence electrons. The highest BCUT2D eigenvalue weighted by molar-refractivity contribution is 5.82. The molecule has 0 aromatic rings. The predicted octanol–water partition coefficient (Wildman–Crippen LogP) is 3.82. The minimum atomic E-state index is 1.13. The summed E-state index contributed by atoms with van der Waals surface area (Å²) in [4.78, 5) is 0. The number of hydrogen-bond donors (Lipinski definition) is 0. The van der Waals surface area contributed by atoms with Crippen molar-refractivity contribution < 1.29 is 0 Å². The summed E-state index contributed by atoms with van der Waals surface area (Å²) < 4.78 is 0. The Morgan fingerprint density at radius 1 is 1.00 bits per heavy atom. The van der Waals surface area contributed by atoms with Gasteiger partial charge >= 0.3 is 0 Å². The molecule has 0 saturated carbocycles. The summed E-state index contributed by atoms with van der Waals surface area (Å²) in [7, 11) is 0. The first-order valence-corrected chi connectivity index (χ1v) is 4.42. The van der Waals surface area contributed by atoms with E-state index in [1.165, 1.54) is 16.7 Å². The SMILES string of the molecule is C=C(C)c1ccc2cccccc1-2. The fourth-order valence-electron chi connectivity index (χ4n) is 1.59. The smallest absolute Gasteiger partial charge is 0.0109 e. The van der Waals surface area contributed by atoms with E-state index in [-0.39, 0.29) is 0 Å². The molecule has 0 fully saturated rings. The molecule has 0 radical (unpaired) electrons. The maximum atomic E-state index is 3.97. The van der Waals surface area contributed by atoms with Crippen LogP contribution in [0.4, 0.5) is 0 Å². The van der Waals surface area contributed by atoms with Gasteiger partial charge in [-0.3, -0.25) is 0 Å². The molecule has 2 rings (SSSR count). The molecule has 0 atom stereocenters. The van der Waals surface area contributed by atoms with E-state index in [9.17, 15) is 0 Å². The second-order valence-electron chi connectivity index (χ2n) is 3.31. The first-order valence-electron chi connectivity index (χ1n) is 4.42. The number of fused-ring (bicyclic) bond motifs is 1. The van der Waals surface area contributed by atoms with Crippen molar-refractivity contribution in [3.05, 3.63) is 54.6 Å². The predicted molar refractivity (Wildman–Crippen MR) is 57.8 cm³/mol. The lowest BCUT2D eigenvalue weighted by Gasteiger charge is -1.98. The summed E-state index contributed by atoms with van der Waals surface area (Å²) >= 11 is 0. The first-order chi connectivity index (χ1) is 6.29. The van der Waals surface area contributed by atoms with Gasteiger partial charge in [0.25, 0.3) is 0 Å². The molecule has 0 aromatic carbocycles. The van der Waals surface area contributed by atoms with E-state index in [1.807, 2.05) is 13.0 Å². The lowest BCUT2D eigenvalue weighted by atomic mass is 10.1. The zero-order valence-corrected chi connectivity index (χ0v) is 7.75. The average Bonchev–Trinajstić information content (AvgIpc) is 2.36. The Balaban J connectivity index is 2.68. The molecule has 2 aliphatic rings. The van der Waals surface area contributed by atoms with Crippen molar-refractivity contribution in [1.29, 1.82) is 0 Å². The van der Waals surface area contributed by atoms with Gasteiger partial charge in [-0.2, -0.15) is 0 Å². The molecule has 0 heterocycles. The Hall–Kier alpha value is -1.56. The van der Waals surface area contributed by atoms with Gasteiger partial charge in [0, 0.05) is 0 Å². The van der Waals surface area contributed by atoms with Gasteiger partial charge in [-0.05, 0) is 23.6 Å². The molecule has 2 aliphatic carbocycles. The molecule has 0 unspecified atom stereocenters. The zero-order valence-electron chi connectivity index (χ0n) is 7.75. The maximum Gasteiger partial charge on any atom is -0.0109 e. The van der Waals surface area contributed by atoms with E-state index >= 15 is 0 Å². The summed E-state index contributed by atoms with van der Waals surface area (Å²) in [5.74, 6) is 0. The fraction of sp³-hybridized carbons (Fsp3) is 0.0769. The van der Waals surface area contributed by atoms with Crippen LogP contribution in [0.2, 0.25) is 0 Å². The molecule has 0 heteroatoms. The van der Waals surface area contributed by atoms with Crippen LogP contribution in [0, 0.1) is 0 Å². The van der Waals surface area contributed by atoms with Gasteiger partial charge in [0.2, 0.25) is 0 Å². The lowest BCUT2D eigenvalue weighted by molar-refractivity contribution is 1.67. The van der Waals surface area contributed by atoms with Crippen LogP contribution in [-0.2, 0) is 0 Å². The van der Waals surface area contributed by atoms with E-state index in [1.54, 1.807) is 0 Å². The number of hydrogen-bond acceptors (Lipinski definition) is 0. The van der Waals surface area contributed by atoms with Crippen molar-refractivity contribution >= 4 is 5.57 Å². The Morgan fingerprint density at radius 3 is 2.54 bits per heavy atom.